The SMILES string of the molecule is Cc1cc(C(C)(C)C)cc(C)c1CN1CC(C)CC(N)C1. The van der Waals surface area contributed by atoms with Gasteiger partial charge in [-0.15, -0.1) is 0 Å². The highest BCUT2D eigenvalue weighted by atomic mass is 15.1. The number of benzene rings is 1. The van der Waals surface area contributed by atoms with Crippen molar-refractivity contribution in [1.82, 2.24) is 4.90 Å². The molecule has 1 aliphatic rings. The lowest BCUT2D eigenvalue weighted by Crippen LogP contribution is -2.45. The van der Waals surface area contributed by atoms with Gasteiger partial charge in [-0.25, -0.2) is 0 Å². The van der Waals surface area contributed by atoms with Crippen molar-refractivity contribution in [2.75, 3.05) is 13.1 Å². The Hall–Kier alpha value is -0.860. The van der Waals surface area contributed by atoms with Gasteiger partial charge >= 0.3 is 0 Å². The molecule has 1 aromatic carbocycles. The minimum Gasteiger partial charge on any atom is -0.327 e. The summed E-state index contributed by atoms with van der Waals surface area (Å²) in [6.07, 6.45) is 1.16. The Balaban J connectivity index is 2.21. The Bertz CT molecular complexity index is 466. The third-order valence-electron chi connectivity index (χ3n) is 4.71. The molecule has 0 saturated carbocycles. The molecular formula is C19H32N2. The van der Waals surface area contributed by atoms with Crippen molar-refractivity contribution in [3.63, 3.8) is 0 Å². The van der Waals surface area contributed by atoms with Crippen LogP contribution in [0.3, 0.4) is 0 Å². The summed E-state index contributed by atoms with van der Waals surface area (Å²) in [4.78, 5) is 2.53. The number of likely N-dealkylation sites (tertiary alicyclic amines) is 1. The second-order valence-corrected chi connectivity index (χ2v) is 8.13. The van der Waals surface area contributed by atoms with Crippen LogP contribution in [-0.4, -0.2) is 24.0 Å². The van der Waals surface area contributed by atoms with Crippen molar-refractivity contribution in [3.8, 4) is 0 Å². The Labute approximate surface area is 130 Å². The molecule has 0 amide bonds. The maximum Gasteiger partial charge on any atom is 0.0239 e. The van der Waals surface area contributed by atoms with Gasteiger partial charge in [0.15, 0.2) is 0 Å². The predicted molar refractivity (Wildman–Crippen MR) is 91.6 cm³/mol. The molecule has 2 atom stereocenters. The number of piperidine rings is 1. The average molecular weight is 288 g/mol. The van der Waals surface area contributed by atoms with E-state index >= 15 is 0 Å². The first kappa shape index (κ1) is 16.5. The third-order valence-corrected chi connectivity index (χ3v) is 4.71. The van der Waals surface area contributed by atoms with Gasteiger partial charge in [-0.1, -0.05) is 39.8 Å². The van der Waals surface area contributed by atoms with Crippen molar-refractivity contribution in [1.29, 1.82) is 0 Å². The lowest BCUT2D eigenvalue weighted by molar-refractivity contribution is 0.158. The van der Waals surface area contributed by atoms with Gasteiger partial charge in [-0.05, 0) is 53.9 Å². The number of hydrogen-bond donors (Lipinski definition) is 1. The van der Waals surface area contributed by atoms with Crippen LogP contribution in [-0.2, 0) is 12.0 Å². The predicted octanol–water partition coefficient (Wildman–Crippen LogP) is 3.77. The van der Waals surface area contributed by atoms with Crippen molar-refractivity contribution in [3.05, 3.63) is 34.4 Å². The third kappa shape index (κ3) is 4.08. The first-order valence-corrected chi connectivity index (χ1v) is 8.25. The largest absolute Gasteiger partial charge is 0.327 e. The van der Waals surface area contributed by atoms with E-state index in [0.29, 0.717) is 12.0 Å². The fourth-order valence-electron chi connectivity index (χ4n) is 3.54. The second-order valence-electron chi connectivity index (χ2n) is 8.13. The van der Waals surface area contributed by atoms with Gasteiger partial charge in [0.2, 0.25) is 0 Å². The number of nitrogens with zero attached hydrogens (tertiary/aromatic N) is 1. The Morgan fingerprint density at radius 2 is 1.71 bits per heavy atom. The van der Waals surface area contributed by atoms with Gasteiger partial charge in [0.05, 0.1) is 0 Å². The van der Waals surface area contributed by atoms with E-state index in [-0.39, 0.29) is 5.41 Å². The molecule has 0 spiro atoms. The highest BCUT2D eigenvalue weighted by Gasteiger charge is 2.23. The zero-order valence-corrected chi connectivity index (χ0v) is 14.7. The van der Waals surface area contributed by atoms with Gasteiger partial charge < -0.3 is 5.73 Å². The summed E-state index contributed by atoms with van der Waals surface area (Å²) < 4.78 is 0. The fraction of sp³-hybridized carbons (Fsp3) is 0.684. The monoisotopic (exact) mass is 288 g/mol. The van der Waals surface area contributed by atoms with Crippen LogP contribution in [0.1, 0.15) is 56.4 Å². The highest BCUT2D eigenvalue weighted by molar-refractivity contribution is 5.40. The molecule has 2 unspecified atom stereocenters. The van der Waals surface area contributed by atoms with E-state index in [1.165, 1.54) is 28.8 Å². The molecule has 0 bridgehead atoms. The van der Waals surface area contributed by atoms with Crippen molar-refractivity contribution in [2.24, 2.45) is 11.7 Å². The van der Waals surface area contributed by atoms with Crippen LogP contribution >= 0.6 is 0 Å². The molecule has 2 rings (SSSR count). The zero-order valence-electron chi connectivity index (χ0n) is 14.7. The summed E-state index contributed by atoms with van der Waals surface area (Å²) in [6, 6.07) is 5.08. The van der Waals surface area contributed by atoms with E-state index in [4.69, 9.17) is 5.73 Å². The maximum atomic E-state index is 6.18. The van der Waals surface area contributed by atoms with E-state index in [1.807, 2.05) is 0 Å². The summed E-state index contributed by atoms with van der Waals surface area (Å²) >= 11 is 0. The molecule has 1 heterocycles. The van der Waals surface area contributed by atoms with Crippen molar-refractivity contribution < 1.29 is 0 Å². The fourth-order valence-corrected chi connectivity index (χ4v) is 3.54. The number of aryl methyl sites for hydroxylation is 2. The van der Waals surface area contributed by atoms with Gasteiger partial charge in [0, 0.05) is 25.7 Å². The molecule has 2 N–H and O–H groups in total. The normalized spacial score (nSPS) is 24.3. The Morgan fingerprint density at radius 3 is 2.19 bits per heavy atom. The van der Waals surface area contributed by atoms with Gasteiger partial charge in [-0.2, -0.15) is 0 Å². The van der Waals surface area contributed by atoms with Gasteiger partial charge in [0.1, 0.15) is 0 Å². The van der Waals surface area contributed by atoms with Gasteiger partial charge in [0.25, 0.3) is 0 Å². The molecule has 118 valence electrons. The van der Waals surface area contributed by atoms with E-state index < -0.39 is 0 Å². The molecule has 2 heteroatoms. The molecule has 2 nitrogen and oxygen atoms in total. The summed E-state index contributed by atoms with van der Waals surface area (Å²) in [7, 11) is 0. The first-order chi connectivity index (χ1) is 9.66. The van der Waals surface area contributed by atoms with Crippen LogP contribution < -0.4 is 5.73 Å². The summed E-state index contributed by atoms with van der Waals surface area (Å²) in [5, 5.41) is 0. The maximum absolute atomic E-state index is 6.18. The minimum atomic E-state index is 0.218. The van der Waals surface area contributed by atoms with Crippen LogP contribution in [0.2, 0.25) is 0 Å². The van der Waals surface area contributed by atoms with Crippen LogP contribution in [0.5, 0.6) is 0 Å². The standard InChI is InChI=1S/C19H32N2/c1-13-7-17(20)11-21(10-13)12-18-14(2)8-16(9-15(18)3)19(4,5)6/h8-9,13,17H,7,10-12,20H2,1-6H3. The van der Waals surface area contributed by atoms with E-state index in [2.05, 4.69) is 58.6 Å². The summed E-state index contributed by atoms with van der Waals surface area (Å²) in [5.74, 6) is 0.711. The van der Waals surface area contributed by atoms with Crippen molar-refractivity contribution >= 4 is 0 Å². The molecule has 1 fully saturated rings. The molecule has 1 saturated heterocycles. The van der Waals surface area contributed by atoms with E-state index in [1.54, 1.807) is 0 Å². The van der Waals surface area contributed by atoms with E-state index in [9.17, 15) is 0 Å². The van der Waals surface area contributed by atoms with Crippen LogP contribution in [0.25, 0.3) is 0 Å². The first-order valence-electron chi connectivity index (χ1n) is 8.25. The summed E-state index contributed by atoms with van der Waals surface area (Å²) in [6.45, 7) is 16.9. The van der Waals surface area contributed by atoms with Crippen molar-refractivity contribution in [2.45, 2.75) is 66.0 Å². The average Bonchev–Trinajstić information content (AvgIpc) is 2.31. The molecule has 21 heavy (non-hydrogen) atoms. The Morgan fingerprint density at radius 1 is 1.14 bits per heavy atom. The minimum absolute atomic E-state index is 0.218. The number of nitrogens with two attached hydrogens (primary N) is 1. The molecule has 0 radical (unpaired) electrons. The smallest absolute Gasteiger partial charge is 0.0239 e. The zero-order chi connectivity index (χ0) is 15.8. The molecule has 1 aromatic rings. The van der Waals surface area contributed by atoms with Crippen LogP contribution in [0, 0.1) is 19.8 Å². The molecule has 1 aliphatic heterocycles. The lowest BCUT2D eigenvalue weighted by atomic mass is 9.83. The Kier molecular flexibility index (Phi) is 4.79. The molecular weight excluding hydrogens is 256 g/mol. The lowest BCUT2D eigenvalue weighted by Gasteiger charge is -2.35. The topological polar surface area (TPSA) is 29.3 Å². The molecule has 0 aliphatic carbocycles. The van der Waals surface area contributed by atoms with E-state index in [0.717, 1.165) is 19.5 Å². The quantitative estimate of drug-likeness (QED) is 0.897. The van der Waals surface area contributed by atoms with Crippen LogP contribution in [0.15, 0.2) is 12.1 Å². The van der Waals surface area contributed by atoms with Gasteiger partial charge in [-0.3, -0.25) is 4.90 Å². The summed E-state index contributed by atoms with van der Waals surface area (Å²) in [5.41, 5.74) is 12.2. The number of hydrogen-bond acceptors (Lipinski definition) is 2. The highest BCUT2D eigenvalue weighted by Crippen LogP contribution is 2.28. The van der Waals surface area contributed by atoms with Crippen LogP contribution in [0.4, 0.5) is 0 Å². The second kappa shape index (κ2) is 6.10. The molecule has 0 aromatic heterocycles. The number of rotatable bonds is 2.